The van der Waals surface area contributed by atoms with Crippen LogP contribution in [0.1, 0.15) is 22.0 Å². The highest BCUT2D eigenvalue weighted by atomic mass is 32.1. The van der Waals surface area contributed by atoms with Gasteiger partial charge in [0.05, 0.1) is 6.04 Å². The molecule has 2 rings (SSSR count). The van der Waals surface area contributed by atoms with Crippen LogP contribution in [0.5, 0.6) is 0 Å². The maximum Gasteiger partial charge on any atom is 0.123 e. The van der Waals surface area contributed by atoms with E-state index in [1.54, 1.807) is 23.5 Å². The summed E-state index contributed by atoms with van der Waals surface area (Å²) >= 11 is 1.69. The van der Waals surface area contributed by atoms with Crippen LogP contribution in [-0.2, 0) is 6.42 Å². The molecule has 0 spiro atoms. The highest BCUT2D eigenvalue weighted by molar-refractivity contribution is 7.10. The third-order valence-corrected chi connectivity index (χ3v) is 3.67. The van der Waals surface area contributed by atoms with Gasteiger partial charge in [-0.3, -0.25) is 11.3 Å². The third kappa shape index (κ3) is 2.91. The Bertz CT molecular complexity index is 496. The molecule has 0 aliphatic heterocycles. The summed E-state index contributed by atoms with van der Waals surface area (Å²) in [5.74, 6) is 5.37. The van der Waals surface area contributed by atoms with Gasteiger partial charge in [0.25, 0.3) is 0 Å². The van der Waals surface area contributed by atoms with Crippen molar-refractivity contribution >= 4 is 11.3 Å². The molecular weight excluding hydrogens is 235 g/mol. The minimum Gasteiger partial charge on any atom is -0.271 e. The van der Waals surface area contributed by atoms with Crippen molar-refractivity contribution in [1.82, 2.24) is 5.43 Å². The van der Waals surface area contributed by atoms with E-state index in [2.05, 4.69) is 18.4 Å². The highest BCUT2D eigenvalue weighted by Gasteiger charge is 2.13. The molecule has 0 amide bonds. The first-order valence-electron chi connectivity index (χ1n) is 5.45. The molecule has 17 heavy (non-hydrogen) atoms. The number of halogens is 1. The number of nitrogens with one attached hydrogen (secondary N) is 1. The maximum atomic E-state index is 13.1. The number of nitrogens with two attached hydrogens (primary N) is 1. The topological polar surface area (TPSA) is 38.0 Å². The number of rotatable bonds is 4. The Morgan fingerprint density at radius 3 is 2.82 bits per heavy atom. The summed E-state index contributed by atoms with van der Waals surface area (Å²) in [5.41, 5.74) is 4.92. The summed E-state index contributed by atoms with van der Waals surface area (Å²) in [5, 5.41) is 2.04. The normalized spacial score (nSPS) is 12.6. The lowest BCUT2D eigenvalue weighted by Gasteiger charge is -2.16. The Morgan fingerprint density at radius 1 is 1.41 bits per heavy atom. The number of hydrazine groups is 1. The molecule has 1 aromatic heterocycles. The number of thiophene rings is 1. The van der Waals surface area contributed by atoms with E-state index in [1.165, 1.54) is 16.5 Å². The fraction of sp³-hybridized carbons (Fsp3) is 0.231. The summed E-state index contributed by atoms with van der Waals surface area (Å²) < 4.78 is 13.1. The second kappa shape index (κ2) is 5.40. The van der Waals surface area contributed by atoms with Crippen LogP contribution in [0, 0.1) is 12.7 Å². The minimum atomic E-state index is -0.208. The van der Waals surface area contributed by atoms with Gasteiger partial charge in [-0.15, -0.1) is 11.3 Å². The van der Waals surface area contributed by atoms with Crippen LogP contribution in [0.3, 0.4) is 0 Å². The molecule has 90 valence electrons. The van der Waals surface area contributed by atoms with Crippen LogP contribution in [-0.4, -0.2) is 0 Å². The largest absolute Gasteiger partial charge is 0.271 e. The Morgan fingerprint density at radius 2 is 2.24 bits per heavy atom. The van der Waals surface area contributed by atoms with Crippen molar-refractivity contribution in [2.75, 3.05) is 0 Å². The Balaban J connectivity index is 2.19. The first kappa shape index (κ1) is 12.2. The summed E-state index contributed by atoms with van der Waals surface area (Å²) in [6.07, 6.45) is 0.686. The van der Waals surface area contributed by atoms with Crippen LogP contribution >= 0.6 is 11.3 Å². The van der Waals surface area contributed by atoms with E-state index < -0.39 is 0 Å². The molecular formula is C13H15FN2S. The Hall–Kier alpha value is -1.23. The average molecular weight is 250 g/mol. The smallest absolute Gasteiger partial charge is 0.123 e. The zero-order valence-corrected chi connectivity index (χ0v) is 10.4. The fourth-order valence-corrected chi connectivity index (χ4v) is 2.68. The van der Waals surface area contributed by atoms with Crippen molar-refractivity contribution in [3.05, 3.63) is 57.5 Å². The summed E-state index contributed by atoms with van der Waals surface area (Å²) in [6, 6.07) is 8.72. The summed E-state index contributed by atoms with van der Waals surface area (Å²) in [4.78, 5) is 1.24. The van der Waals surface area contributed by atoms with Gasteiger partial charge in [0.1, 0.15) is 5.82 Å². The van der Waals surface area contributed by atoms with Crippen LogP contribution in [0.4, 0.5) is 4.39 Å². The molecule has 0 radical (unpaired) electrons. The van der Waals surface area contributed by atoms with E-state index in [1.807, 2.05) is 11.4 Å². The van der Waals surface area contributed by atoms with Crippen LogP contribution in [0.2, 0.25) is 0 Å². The van der Waals surface area contributed by atoms with Crippen molar-refractivity contribution in [2.45, 2.75) is 19.4 Å². The molecule has 0 aliphatic carbocycles. The molecule has 3 N–H and O–H groups in total. The predicted octanol–water partition coefficient (Wildman–Crippen LogP) is 2.94. The molecule has 2 aromatic rings. The van der Waals surface area contributed by atoms with Crippen molar-refractivity contribution in [3.8, 4) is 0 Å². The van der Waals surface area contributed by atoms with Crippen molar-refractivity contribution < 1.29 is 4.39 Å². The molecule has 0 bridgehead atoms. The van der Waals surface area contributed by atoms with Crippen molar-refractivity contribution in [3.63, 3.8) is 0 Å². The molecule has 1 atom stereocenters. The molecule has 1 heterocycles. The van der Waals surface area contributed by atoms with Gasteiger partial charge in [0.2, 0.25) is 0 Å². The highest BCUT2D eigenvalue weighted by Crippen LogP contribution is 2.25. The second-order valence-electron chi connectivity index (χ2n) is 3.99. The second-order valence-corrected chi connectivity index (χ2v) is 5.11. The lowest BCUT2D eigenvalue weighted by Crippen LogP contribution is -2.29. The van der Waals surface area contributed by atoms with E-state index >= 15 is 0 Å². The number of benzene rings is 1. The Labute approximate surface area is 104 Å². The van der Waals surface area contributed by atoms with Gasteiger partial charge in [-0.25, -0.2) is 4.39 Å². The van der Waals surface area contributed by atoms with Gasteiger partial charge in [-0.2, -0.15) is 0 Å². The minimum absolute atomic E-state index is 0.0306. The van der Waals surface area contributed by atoms with Crippen LogP contribution in [0.15, 0.2) is 35.7 Å². The van der Waals surface area contributed by atoms with Crippen molar-refractivity contribution in [2.24, 2.45) is 5.84 Å². The van der Waals surface area contributed by atoms with E-state index in [0.717, 1.165) is 5.56 Å². The van der Waals surface area contributed by atoms with E-state index in [4.69, 9.17) is 5.84 Å². The molecule has 0 saturated carbocycles. The predicted molar refractivity (Wildman–Crippen MR) is 69.2 cm³/mol. The Kier molecular flexibility index (Phi) is 3.89. The monoisotopic (exact) mass is 250 g/mol. The van der Waals surface area contributed by atoms with Gasteiger partial charge in [0, 0.05) is 4.88 Å². The first-order chi connectivity index (χ1) is 8.20. The number of aryl methyl sites for hydroxylation is 1. The van der Waals surface area contributed by atoms with Gasteiger partial charge < -0.3 is 0 Å². The third-order valence-electron chi connectivity index (χ3n) is 2.80. The fourth-order valence-electron chi connectivity index (χ4n) is 1.91. The SMILES string of the molecule is Cc1sccc1C(Cc1cccc(F)c1)NN. The summed E-state index contributed by atoms with van der Waals surface area (Å²) in [7, 11) is 0. The number of hydrogen-bond donors (Lipinski definition) is 2. The number of hydrogen-bond acceptors (Lipinski definition) is 3. The molecule has 4 heteroatoms. The van der Waals surface area contributed by atoms with Crippen molar-refractivity contribution in [1.29, 1.82) is 0 Å². The molecule has 1 unspecified atom stereocenters. The quantitative estimate of drug-likeness (QED) is 0.647. The lowest BCUT2D eigenvalue weighted by atomic mass is 10.0. The van der Waals surface area contributed by atoms with E-state index in [0.29, 0.717) is 6.42 Å². The van der Waals surface area contributed by atoms with Gasteiger partial charge in [0.15, 0.2) is 0 Å². The molecule has 0 saturated heterocycles. The lowest BCUT2D eigenvalue weighted by molar-refractivity contribution is 0.548. The molecule has 0 fully saturated rings. The maximum absolute atomic E-state index is 13.1. The van der Waals surface area contributed by atoms with E-state index in [9.17, 15) is 4.39 Å². The van der Waals surface area contributed by atoms with Gasteiger partial charge >= 0.3 is 0 Å². The molecule has 2 nitrogen and oxygen atoms in total. The average Bonchev–Trinajstić information content (AvgIpc) is 2.72. The van der Waals surface area contributed by atoms with Gasteiger partial charge in [-0.1, -0.05) is 12.1 Å². The van der Waals surface area contributed by atoms with Crippen LogP contribution in [0.25, 0.3) is 0 Å². The van der Waals surface area contributed by atoms with Gasteiger partial charge in [-0.05, 0) is 48.1 Å². The molecule has 0 aliphatic rings. The zero-order chi connectivity index (χ0) is 12.3. The standard InChI is InChI=1S/C13H15FN2S/c1-9-12(5-6-17-9)13(16-15)8-10-3-2-4-11(14)7-10/h2-7,13,16H,8,15H2,1H3. The van der Waals surface area contributed by atoms with E-state index in [-0.39, 0.29) is 11.9 Å². The zero-order valence-electron chi connectivity index (χ0n) is 9.61. The van der Waals surface area contributed by atoms with Crippen LogP contribution < -0.4 is 11.3 Å². The molecule has 1 aromatic carbocycles. The first-order valence-corrected chi connectivity index (χ1v) is 6.33. The summed E-state index contributed by atoms with van der Waals surface area (Å²) in [6.45, 7) is 2.07.